The maximum Gasteiger partial charge on any atom is 0.319 e. The summed E-state index contributed by atoms with van der Waals surface area (Å²) in [6, 6.07) is 15.9. The van der Waals surface area contributed by atoms with Crippen LogP contribution >= 0.6 is 0 Å². The summed E-state index contributed by atoms with van der Waals surface area (Å²) in [7, 11) is 0. The van der Waals surface area contributed by atoms with Crippen LogP contribution in [0.4, 0.5) is 4.79 Å². The van der Waals surface area contributed by atoms with E-state index in [1.54, 1.807) is 29.2 Å². The number of carbonyl (C=O) groups excluding carboxylic acids is 3. The number of urea groups is 1. The predicted octanol–water partition coefficient (Wildman–Crippen LogP) is 1.89. The molecule has 0 bridgehead atoms. The largest absolute Gasteiger partial charge is 0.378 e. The van der Waals surface area contributed by atoms with Gasteiger partial charge in [-0.15, -0.1) is 0 Å². The Morgan fingerprint density at radius 1 is 0.929 bits per heavy atom. The third-order valence-corrected chi connectivity index (χ3v) is 5.00. The fourth-order valence-corrected chi connectivity index (χ4v) is 3.54. The fourth-order valence-electron chi connectivity index (χ4n) is 3.54. The van der Waals surface area contributed by atoms with Crippen molar-refractivity contribution in [3.05, 3.63) is 71.3 Å². The van der Waals surface area contributed by atoms with Gasteiger partial charge in [0, 0.05) is 19.5 Å². The maximum atomic E-state index is 12.9. The van der Waals surface area contributed by atoms with Crippen LogP contribution < -0.4 is 5.32 Å². The number of fused-ring (bicyclic) bond motifs is 1. The van der Waals surface area contributed by atoms with Gasteiger partial charge in [-0.3, -0.25) is 14.5 Å². The highest BCUT2D eigenvalue weighted by molar-refractivity contribution is 6.21. The monoisotopic (exact) mass is 379 g/mol. The Morgan fingerprint density at radius 2 is 1.50 bits per heavy atom. The first-order valence-corrected chi connectivity index (χ1v) is 9.29. The number of benzene rings is 2. The molecule has 4 amide bonds. The molecule has 28 heavy (non-hydrogen) atoms. The number of nitrogens with one attached hydrogen (secondary N) is 1. The van der Waals surface area contributed by atoms with Crippen LogP contribution in [-0.2, 0) is 11.2 Å². The normalized spacial score (nSPS) is 17.4. The molecule has 2 aliphatic rings. The molecule has 0 aromatic heterocycles. The second-order valence-electron chi connectivity index (χ2n) is 6.78. The van der Waals surface area contributed by atoms with Crippen molar-refractivity contribution in [1.29, 1.82) is 0 Å². The first kappa shape index (κ1) is 18.2. The summed E-state index contributed by atoms with van der Waals surface area (Å²) >= 11 is 0. The van der Waals surface area contributed by atoms with Gasteiger partial charge < -0.3 is 15.0 Å². The Labute approximate surface area is 162 Å². The van der Waals surface area contributed by atoms with E-state index in [4.69, 9.17) is 4.74 Å². The molecule has 2 aromatic rings. The molecule has 144 valence electrons. The Balaban J connectivity index is 1.60. The van der Waals surface area contributed by atoms with E-state index in [1.807, 2.05) is 30.3 Å². The Bertz CT molecular complexity index is 859. The standard InChI is InChI=1S/C21H21N3O4/c25-19-16-8-4-5-9-17(16)20(26)24(19)18(14-15-6-2-1-3-7-15)22-21(27)23-10-12-28-13-11-23/h1-9,18H,10-14H2,(H,22,27). The molecule has 7 nitrogen and oxygen atoms in total. The van der Waals surface area contributed by atoms with Crippen molar-refractivity contribution in [2.24, 2.45) is 0 Å². The summed E-state index contributed by atoms with van der Waals surface area (Å²) < 4.78 is 5.29. The first-order valence-electron chi connectivity index (χ1n) is 9.29. The third-order valence-electron chi connectivity index (χ3n) is 5.00. The lowest BCUT2D eigenvalue weighted by atomic mass is 10.1. The van der Waals surface area contributed by atoms with E-state index in [1.165, 1.54) is 0 Å². The minimum atomic E-state index is -0.773. The van der Waals surface area contributed by atoms with Crippen molar-refractivity contribution in [1.82, 2.24) is 15.1 Å². The molecule has 0 spiro atoms. The fraction of sp³-hybridized carbons (Fsp3) is 0.286. The minimum Gasteiger partial charge on any atom is -0.378 e. The summed E-state index contributed by atoms with van der Waals surface area (Å²) in [6.45, 7) is 1.91. The van der Waals surface area contributed by atoms with Crippen LogP contribution in [0.2, 0.25) is 0 Å². The lowest BCUT2D eigenvalue weighted by Crippen LogP contribution is -2.56. The Kier molecular flexibility index (Phi) is 5.08. The zero-order chi connectivity index (χ0) is 19.5. The van der Waals surface area contributed by atoms with E-state index in [-0.39, 0.29) is 17.8 Å². The van der Waals surface area contributed by atoms with Gasteiger partial charge in [-0.25, -0.2) is 4.79 Å². The van der Waals surface area contributed by atoms with Crippen LogP contribution in [0.5, 0.6) is 0 Å². The van der Waals surface area contributed by atoms with Crippen molar-refractivity contribution in [2.75, 3.05) is 26.3 Å². The molecule has 2 aliphatic heterocycles. The minimum absolute atomic E-state index is 0.305. The quantitative estimate of drug-likeness (QED) is 0.823. The number of ether oxygens (including phenoxy) is 1. The van der Waals surface area contributed by atoms with Crippen molar-refractivity contribution in [3.8, 4) is 0 Å². The highest BCUT2D eigenvalue weighted by Gasteiger charge is 2.40. The third kappa shape index (κ3) is 3.48. The zero-order valence-corrected chi connectivity index (χ0v) is 15.3. The second kappa shape index (κ2) is 7.82. The molecule has 1 atom stereocenters. The van der Waals surface area contributed by atoms with E-state index in [0.717, 1.165) is 10.5 Å². The Hall–Kier alpha value is -3.19. The van der Waals surface area contributed by atoms with Gasteiger partial charge >= 0.3 is 6.03 Å². The molecule has 1 fully saturated rings. The SMILES string of the molecule is O=C(NC(Cc1ccccc1)N1C(=O)c2ccccc2C1=O)N1CCOCC1. The van der Waals surface area contributed by atoms with E-state index < -0.39 is 6.17 Å². The smallest absolute Gasteiger partial charge is 0.319 e. The van der Waals surface area contributed by atoms with Gasteiger partial charge in [0.05, 0.1) is 24.3 Å². The lowest BCUT2D eigenvalue weighted by molar-refractivity contribution is 0.0455. The first-order chi connectivity index (χ1) is 13.6. The number of hydrogen-bond donors (Lipinski definition) is 1. The second-order valence-corrected chi connectivity index (χ2v) is 6.78. The highest BCUT2D eigenvalue weighted by atomic mass is 16.5. The molecular formula is C21H21N3O4. The van der Waals surface area contributed by atoms with Crippen LogP contribution in [0.15, 0.2) is 54.6 Å². The Morgan fingerprint density at radius 3 is 2.11 bits per heavy atom. The van der Waals surface area contributed by atoms with Gasteiger partial charge in [0.1, 0.15) is 6.17 Å². The van der Waals surface area contributed by atoms with Crippen molar-refractivity contribution in [2.45, 2.75) is 12.6 Å². The maximum absolute atomic E-state index is 12.9. The average molecular weight is 379 g/mol. The topological polar surface area (TPSA) is 79.0 Å². The summed E-state index contributed by atoms with van der Waals surface area (Å²) in [4.78, 5) is 41.4. The number of imide groups is 1. The number of rotatable bonds is 4. The van der Waals surface area contributed by atoms with Gasteiger partial charge in [-0.2, -0.15) is 0 Å². The van der Waals surface area contributed by atoms with Gasteiger partial charge in [0.2, 0.25) is 0 Å². The van der Waals surface area contributed by atoms with Gasteiger partial charge in [-0.05, 0) is 17.7 Å². The van der Waals surface area contributed by atoms with E-state index in [2.05, 4.69) is 5.32 Å². The van der Waals surface area contributed by atoms with Gasteiger partial charge in [0.15, 0.2) is 0 Å². The molecule has 1 unspecified atom stereocenters. The molecule has 2 aromatic carbocycles. The van der Waals surface area contributed by atoms with Gasteiger partial charge in [-0.1, -0.05) is 42.5 Å². The summed E-state index contributed by atoms with van der Waals surface area (Å²) in [5.41, 5.74) is 1.66. The molecule has 0 saturated carbocycles. The van der Waals surface area contributed by atoms with Crippen molar-refractivity contribution < 1.29 is 19.1 Å². The van der Waals surface area contributed by atoms with E-state index in [0.29, 0.717) is 43.9 Å². The molecule has 1 N–H and O–H groups in total. The van der Waals surface area contributed by atoms with Crippen LogP contribution in [0, 0.1) is 0 Å². The van der Waals surface area contributed by atoms with E-state index >= 15 is 0 Å². The highest BCUT2D eigenvalue weighted by Crippen LogP contribution is 2.25. The zero-order valence-electron chi connectivity index (χ0n) is 15.3. The van der Waals surface area contributed by atoms with Crippen molar-refractivity contribution >= 4 is 17.8 Å². The molecule has 7 heteroatoms. The molecule has 2 heterocycles. The van der Waals surface area contributed by atoms with Crippen LogP contribution in [0.3, 0.4) is 0 Å². The molecule has 0 radical (unpaired) electrons. The summed E-state index contributed by atoms with van der Waals surface area (Å²) in [5.74, 6) is -0.771. The number of carbonyl (C=O) groups is 3. The molecule has 1 saturated heterocycles. The van der Waals surface area contributed by atoms with Gasteiger partial charge in [0.25, 0.3) is 11.8 Å². The van der Waals surface area contributed by atoms with Crippen LogP contribution in [-0.4, -0.2) is 60.1 Å². The van der Waals surface area contributed by atoms with Crippen molar-refractivity contribution in [3.63, 3.8) is 0 Å². The predicted molar refractivity (Wildman–Crippen MR) is 102 cm³/mol. The number of hydrogen-bond acceptors (Lipinski definition) is 4. The molecule has 0 aliphatic carbocycles. The molecule has 4 rings (SSSR count). The number of nitrogens with zero attached hydrogens (tertiary/aromatic N) is 2. The number of morpholine rings is 1. The lowest BCUT2D eigenvalue weighted by Gasteiger charge is -2.32. The number of amides is 4. The van der Waals surface area contributed by atoms with Crippen LogP contribution in [0.25, 0.3) is 0 Å². The molecular weight excluding hydrogens is 358 g/mol. The van der Waals surface area contributed by atoms with E-state index in [9.17, 15) is 14.4 Å². The summed E-state index contributed by atoms with van der Waals surface area (Å²) in [6.07, 6.45) is -0.437. The average Bonchev–Trinajstić information content (AvgIpc) is 2.99. The summed E-state index contributed by atoms with van der Waals surface area (Å²) in [5, 5.41) is 2.89. The van der Waals surface area contributed by atoms with Crippen LogP contribution in [0.1, 0.15) is 26.3 Å².